The zero-order valence-corrected chi connectivity index (χ0v) is 12.6. The lowest BCUT2D eigenvalue weighted by molar-refractivity contribution is 0.0596. The average Bonchev–Trinajstić information content (AvgIpc) is 2.68. The van der Waals surface area contributed by atoms with E-state index in [-0.39, 0.29) is 11.5 Å². The molecule has 0 saturated heterocycles. The highest BCUT2D eigenvalue weighted by Crippen LogP contribution is 2.28. The molecule has 19 heavy (non-hydrogen) atoms. The van der Waals surface area contributed by atoms with E-state index in [1.165, 1.54) is 7.11 Å². The van der Waals surface area contributed by atoms with E-state index in [4.69, 9.17) is 17.3 Å². The number of anilines is 1. The maximum atomic E-state index is 11.5. The van der Waals surface area contributed by atoms with Crippen molar-refractivity contribution in [2.24, 2.45) is 0 Å². The number of nitrogens with two attached hydrogens (primary N) is 1. The predicted molar refractivity (Wildman–Crippen MR) is 76.8 cm³/mol. The molecule has 0 fully saturated rings. The van der Waals surface area contributed by atoms with E-state index in [0.29, 0.717) is 10.8 Å². The second kappa shape index (κ2) is 5.22. The van der Waals surface area contributed by atoms with Gasteiger partial charge in [0.15, 0.2) is 5.69 Å². The third-order valence-corrected chi connectivity index (χ3v) is 3.85. The van der Waals surface area contributed by atoms with Crippen LogP contribution in [0.25, 0.3) is 5.69 Å². The Morgan fingerprint density at radius 1 is 1.53 bits per heavy atom. The molecule has 0 unspecified atom stereocenters. The number of aryl methyl sites for hydroxylation is 1. The fourth-order valence-electron chi connectivity index (χ4n) is 1.75. The number of hydrogen-bond donors (Lipinski definition) is 1. The van der Waals surface area contributed by atoms with Crippen molar-refractivity contribution in [3.8, 4) is 5.69 Å². The number of halogens is 2. The lowest BCUT2D eigenvalue weighted by atomic mass is 10.3. The number of methoxy groups -OCH3 is 1. The van der Waals surface area contributed by atoms with Gasteiger partial charge in [-0.05, 0) is 41.1 Å². The number of nitrogen functional groups attached to an aromatic ring is 1. The lowest BCUT2D eigenvalue weighted by Crippen LogP contribution is -2.07. The quantitative estimate of drug-likeness (QED) is 0.850. The minimum Gasteiger partial charge on any atom is -0.464 e. The average molecular weight is 345 g/mol. The molecule has 0 amide bonds. The number of esters is 1. The number of carbonyl (C=O) groups is 1. The molecule has 0 bridgehead atoms. The monoisotopic (exact) mass is 343 g/mol. The normalized spacial score (nSPS) is 10.5. The number of rotatable bonds is 2. The number of carbonyl (C=O) groups excluding carboxylic acids is 1. The van der Waals surface area contributed by atoms with E-state index in [1.807, 2.05) is 6.07 Å². The molecule has 0 aliphatic rings. The van der Waals surface area contributed by atoms with Crippen molar-refractivity contribution in [1.82, 2.24) is 9.55 Å². The molecule has 2 rings (SSSR count). The Labute approximate surface area is 123 Å². The van der Waals surface area contributed by atoms with Crippen LogP contribution in [-0.2, 0) is 4.74 Å². The zero-order chi connectivity index (χ0) is 14.2. The Kier molecular flexibility index (Phi) is 3.82. The largest absolute Gasteiger partial charge is 0.464 e. The third-order valence-electron chi connectivity index (χ3n) is 2.62. The topological polar surface area (TPSA) is 70.1 Å². The van der Waals surface area contributed by atoms with E-state index >= 15 is 0 Å². The second-order valence-corrected chi connectivity index (χ2v) is 5.08. The van der Waals surface area contributed by atoms with Crippen LogP contribution in [-0.4, -0.2) is 22.6 Å². The molecule has 100 valence electrons. The summed E-state index contributed by atoms with van der Waals surface area (Å²) in [5.41, 5.74) is 6.77. The molecule has 1 heterocycles. The van der Waals surface area contributed by atoms with Crippen molar-refractivity contribution in [1.29, 1.82) is 0 Å². The Morgan fingerprint density at radius 3 is 2.79 bits per heavy atom. The highest BCUT2D eigenvalue weighted by atomic mass is 79.9. The molecule has 1 aromatic heterocycles. The number of ether oxygens (including phenoxy) is 1. The fourth-order valence-corrected chi connectivity index (χ4v) is 2.17. The van der Waals surface area contributed by atoms with E-state index in [2.05, 4.69) is 25.7 Å². The molecule has 0 aliphatic carbocycles. The lowest BCUT2D eigenvalue weighted by Gasteiger charge is -2.08. The number of benzene rings is 1. The van der Waals surface area contributed by atoms with Gasteiger partial charge in [-0.3, -0.25) is 4.57 Å². The van der Waals surface area contributed by atoms with Gasteiger partial charge in [0.25, 0.3) is 0 Å². The Hall–Kier alpha value is -1.53. The first-order chi connectivity index (χ1) is 8.95. The van der Waals surface area contributed by atoms with Gasteiger partial charge in [0.1, 0.15) is 11.6 Å². The molecular formula is C12H11BrClN3O2. The molecule has 1 aromatic carbocycles. The summed E-state index contributed by atoms with van der Waals surface area (Å²) in [7, 11) is 1.28. The summed E-state index contributed by atoms with van der Waals surface area (Å²) < 4.78 is 7.06. The molecule has 0 atom stereocenters. The van der Waals surface area contributed by atoms with Gasteiger partial charge in [-0.25, -0.2) is 9.78 Å². The van der Waals surface area contributed by atoms with Crippen LogP contribution in [0.4, 0.5) is 5.82 Å². The highest BCUT2D eigenvalue weighted by molar-refractivity contribution is 9.10. The Morgan fingerprint density at radius 2 is 2.21 bits per heavy atom. The van der Waals surface area contributed by atoms with Crippen molar-refractivity contribution in [2.45, 2.75) is 6.92 Å². The van der Waals surface area contributed by atoms with Crippen LogP contribution in [0.3, 0.4) is 0 Å². The summed E-state index contributed by atoms with van der Waals surface area (Å²) >= 11 is 9.37. The van der Waals surface area contributed by atoms with Crippen molar-refractivity contribution in [2.75, 3.05) is 12.8 Å². The zero-order valence-electron chi connectivity index (χ0n) is 10.3. The summed E-state index contributed by atoms with van der Waals surface area (Å²) in [6.07, 6.45) is 0. The van der Waals surface area contributed by atoms with Gasteiger partial charge < -0.3 is 10.5 Å². The van der Waals surface area contributed by atoms with Crippen molar-refractivity contribution < 1.29 is 9.53 Å². The van der Waals surface area contributed by atoms with Gasteiger partial charge in [0, 0.05) is 4.47 Å². The first kappa shape index (κ1) is 13.9. The summed E-state index contributed by atoms with van der Waals surface area (Å²) in [5, 5.41) is 0.546. The van der Waals surface area contributed by atoms with Crippen LogP contribution in [0.15, 0.2) is 22.7 Å². The second-order valence-electron chi connectivity index (χ2n) is 3.82. The van der Waals surface area contributed by atoms with E-state index < -0.39 is 5.97 Å². The summed E-state index contributed by atoms with van der Waals surface area (Å²) in [5.74, 6) is 0.238. The molecular weight excluding hydrogens is 334 g/mol. The van der Waals surface area contributed by atoms with E-state index in [9.17, 15) is 4.79 Å². The molecule has 0 spiro atoms. The van der Waals surface area contributed by atoms with Crippen LogP contribution in [0.5, 0.6) is 0 Å². The van der Waals surface area contributed by atoms with Gasteiger partial charge in [-0.2, -0.15) is 0 Å². The summed E-state index contributed by atoms with van der Waals surface area (Å²) in [6.45, 7) is 1.75. The first-order valence-corrected chi connectivity index (χ1v) is 6.51. The van der Waals surface area contributed by atoms with Gasteiger partial charge in [0.2, 0.25) is 0 Å². The molecule has 2 aromatic rings. The van der Waals surface area contributed by atoms with Gasteiger partial charge in [-0.15, -0.1) is 0 Å². The van der Waals surface area contributed by atoms with Crippen molar-refractivity contribution in [3.05, 3.63) is 39.2 Å². The SMILES string of the molecule is COC(=O)c1nc(C)n(-c2ccc(Br)c(Cl)c2)c1N. The third kappa shape index (κ3) is 2.46. The molecule has 2 N–H and O–H groups in total. The maximum absolute atomic E-state index is 11.5. The molecule has 0 aliphatic heterocycles. The van der Waals surface area contributed by atoms with Crippen LogP contribution in [0, 0.1) is 6.92 Å². The van der Waals surface area contributed by atoms with Crippen LogP contribution in [0.1, 0.15) is 16.3 Å². The number of aromatic nitrogens is 2. The molecule has 0 saturated carbocycles. The first-order valence-electron chi connectivity index (χ1n) is 5.34. The summed E-state index contributed by atoms with van der Waals surface area (Å²) in [6, 6.07) is 5.36. The standard InChI is InChI=1S/C12H11BrClN3O2/c1-6-16-10(12(18)19-2)11(15)17(6)7-3-4-8(13)9(14)5-7/h3-5H,15H2,1-2H3. The minimum atomic E-state index is -0.567. The maximum Gasteiger partial charge on any atom is 0.360 e. The molecule has 7 heteroatoms. The van der Waals surface area contributed by atoms with Gasteiger partial charge in [-0.1, -0.05) is 11.6 Å². The van der Waals surface area contributed by atoms with Crippen LogP contribution in [0.2, 0.25) is 5.02 Å². The molecule has 0 radical (unpaired) electrons. The van der Waals surface area contributed by atoms with Crippen LogP contribution >= 0.6 is 27.5 Å². The number of imidazole rings is 1. The smallest absolute Gasteiger partial charge is 0.360 e. The Balaban J connectivity index is 2.59. The highest BCUT2D eigenvalue weighted by Gasteiger charge is 2.20. The molecule has 5 nitrogen and oxygen atoms in total. The number of nitrogens with zero attached hydrogens (tertiary/aromatic N) is 2. The van der Waals surface area contributed by atoms with Gasteiger partial charge in [0.05, 0.1) is 17.8 Å². The minimum absolute atomic E-state index is 0.0963. The predicted octanol–water partition coefficient (Wildman–Crippen LogP) is 2.97. The van der Waals surface area contributed by atoms with Crippen LogP contribution < -0.4 is 5.73 Å². The summed E-state index contributed by atoms with van der Waals surface area (Å²) in [4.78, 5) is 15.7. The van der Waals surface area contributed by atoms with Crippen molar-refractivity contribution in [3.63, 3.8) is 0 Å². The van der Waals surface area contributed by atoms with Crippen molar-refractivity contribution >= 4 is 39.3 Å². The van der Waals surface area contributed by atoms with E-state index in [1.54, 1.807) is 23.6 Å². The number of hydrogen-bond acceptors (Lipinski definition) is 4. The fraction of sp³-hybridized carbons (Fsp3) is 0.167. The van der Waals surface area contributed by atoms with Gasteiger partial charge >= 0.3 is 5.97 Å². The Bertz CT molecular complexity index is 655. The van der Waals surface area contributed by atoms with E-state index in [0.717, 1.165) is 10.2 Å².